The minimum atomic E-state index is 0.311. The van der Waals surface area contributed by atoms with Gasteiger partial charge in [-0.3, -0.25) is 0 Å². The van der Waals surface area contributed by atoms with Crippen molar-refractivity contribution in [3.05, 3.63) is 24.3 Å². The number of phenolic OH excluding ortho intramolecular Hbond substituents is 1. The third-order valence-electron chi connectivity index (χ3n) is 1.37. The zero-order valence-electron chi connectivity index (χ0n) is 7.58. The van der Waals surface area contributed by atoms with Crippen molar-refractivity contribution >= 4 is 28.3 Å². The lowest BCUT2D eigenvalue weighted by Gasteiger charge is -2.11. The molecule has 0 fully saturated rings. The van der Waals surface area contributed by atoms with Gasteiger partial charge in [-0.25, -0.2) is 0 Å². The Morgan fingerprint density at radius 2 is 1.50 bits per heavy atom. The molecule has 0 saturated carbocycles. The van der Waals surface area contributed by atoms with Gasteiger partial charge in [0.25, 0.3) is 0 Å². The van der Waals surface area contributed by atoms with Crippen LogP contribution in [0.25, 0.3) is 0 Å². The van der Waals surface area contributed by atoms with E-state index in [4.69, 9.17) is 5.11 Å². The van der Waals surface area contributed by atoms with Crippen LogP contribution < -0.4 is 4.90 Å². The van der Waals surface area contributed by atoms with Crippen molar-refractivity contribution in [2.45, 2.75) is 0 Å². The van der Waals surface area contributed by atoms with E-state index in [9.17, 15) is 0 Å². The number of nitrogens with zero attached hydrogens (tertiary/aromatic N) is 1. The van der Waals surface area contributed by atoms with Gasteiger partial charge >= 0.3 is 0 Å². The molecule has 0 bridgehead atoms. The van der Waals surface area contributed by atoms with Gasteiger partial charge in [-0.15, -0.1) is 0 Å². The van der Waals surface area contributed by atoms with E-state index in [2.05, 4.69) is 22.6 Å². The summed E-state index contributed by atoms with van der Waals surface area (Å²) in [5.41, 5.74) is 1.10. The molecule has 0 aromatic heterocycles. The molecule has 0 saturated heterocycles. The summed E-state index contributed by atoms with van der Waals surface area (Å²) < 4.78 is 0. The maximum Gasteiger partial charge on any atom is 0.115 e. The van der Waals surface area contributed by atoms with Gasteiger partial charge in [0.05, 0.1) is 0 Å². The summed E-state index contributed by atoms with van der Waals surface area (Å²) in [6, 6.07) is 7.09. The zero-order valence-corrected chi connectivity index (χ0v) is 9.74. The van der Waals surface area contributed by atoms with Gasteiger partial charge in [0, 0.05) is 19.8 Å². The molecule has 0 spiro atoms. The highest BCUT2D eigenvalue weighted by Gasteiger charge is 1.92. The monoisotopic (exact) mass is 279 g/mol. The quantitative estimate of drug-likeness (QED) is 0.630. The highest BCUT2D eigenvalue weighted by atomic mass is 127. The second kappa shape index (κ2) is 6.11. The van der Waals surface area contributed by atoms with Gasteiger partial charge < -0.3 is 10.0 Å². The van der Waals surface area contributed by atoms with Gasteiger partial charge in [-0.1, -0.05) is 22.6 Å². The van der Waals surface area contributed by atoms with Crippen LogP contribution in [0.3, 0.4) is 0 Å². The second-order valence-corrected chi connectivity index (χ2v) is 2.41. The first kappa shape index (κ1) is 11.6. The van der Waals surface area contributed by atoms with Crippen LogP contribution in [0, 0.1) is 0 Å². The van der Waals surface area contributed by atoms with Crippen LogP contribution in [0.2, 0.25) is 0 Å². The van der Waals surface area contributed by atoms with E-state index in [1.165, 1.54) is 0 Å². The Morgan fingerprint density at radius 1 is 1.08 bits per heavy atom. The minimum absolute atomic E-state index is 0.311. The van der Waals surface area contributed by atoms with Crippen molar-refractivity contribution in [1.29, 1.82) is 0 Å². The summed E-state index contributed by atoms with van der Waals surface area (Å²) in [7, 11) is 3.93. The summed E-state index contributed by atoms with van der Waals surface area (Å²) in [6.07, 6.45) is 0. The summed E-state index contributed by atoms with van der Waals surface area (Å²) in [5, 5.41) is 8.92. The molecule has 0 heterocycles. The standard InChI is InChI=1S/C8H11NO.CH3I/c1-9(2)7-3-5-8(10)6-4-7;1-2/h3-6,10H,1-2H3;1H3. The molecule has 1 aromatic carbocycles. The Labute approximate surface area is 87.3 Å². The molecule has 0 radical (unpaired) electrons. The van der Waals surface area contributed by atoms with Crippen LogP contribution in [0.5, 0.6) is 5.75 Å². The lowest BCUT2D eigenvalue weighted by molar-refractivity contribution is 0.475. The van der Waals surface area contributed by atoms with E-state index in [-0.39, 0.29) is 0 Å². The maximum atomic E-state index is 8.92. The Balaban J connectivity index is 0.000000561. The van der Waals surface area contributed by atoms with Crippen LogP contribution >= 0.6 is 22.6 Å². The molecular weight excluding hydrogens is 265 g/mol. The molecule has 1 aromatic rings. The lowest BCUT2D eigenvalue weighted by Crippen LogP contribution is -2.07. The molecule has 0 amide bonds. The number of rotatable bonds is 1. The number of hydrogen-bond acceptors (Lipinski definition) is 2. The van der Waals surface area contributed by atoms with E-state index < -0.39 is 0 Å². The van der Waals surface area contributed by atoms with E-state index in [0.29, 0.717) is 5.75 Å². The zero-order chi connectivity index (χ0) is 9.56. The van der Waals surface area contributed by atoms with E-state index in [1.807, 2.05) is 36.1 Å². The molecule has 0 aliphatic carbocycles. The summed E-state index contributed by atoms with van der Waals surface area (Å²) in [4.78, 5) is 3.96. The van der Waals surface area contributed by atoms with Gasteiger partial charge in [-0.05, 0) is 29.2 Å². The topological polar surface area (TPSA) is 23.5 Å². The molecule has 3 heteroatoms. The van der Waals surface area contributed by atoms with Crippen molar-refractivity contribution in [3.63, 3.8) is 0 Å². The average Bonchev–Trinajstić information content (AvgIpc) is 2.09. The lowest BCUT2D eigenvalue weighted by atomic mass is 10.3. The van der Waals surface area contributed by atoms with Crippen LogP contribution in [0.4, 0.5) is 5.69 Å². The van der Waals surface area contributed by atoms with Crippen molar-refractivity contribution < 1.29 is 5.11 Å². The molecule has 0 aliphatic rings. The molecule has 2 nitrogen and oxygen atoms in total. The minimum Gasteiger partial charge on any atom is -0.508 e. The molecule has 12 heavy (non-hydrogen) atoms. The largest absolute Gasteiger partial charge is 0.508 e. The second-order valence-electron chi connectivity index (χ2n) is 2.41. The van der Waals surface area contributed by atoms with Crippen molar-refractivity contribution in [2.75, 3.05) is 23.9 Å². The smallest absolute Gasteiger partial charge is 0.115 e. The molecule has 1 rings (SSSR count). The van der Waals surface area contributed by atoms with Crippen molar-refractivity contribution in [2.24, 2.45) is 0 Å². The molecule has 1 N–H and O–H groups in total. The van der Waals surface area contributed by atoms with Gasteiger partial charge in [0.2, 0.25) is 0 Å². The highest BCUT2D eigenvalue weighted by molar-refractivity contribution is 14.1. The molecular formula is C9H14INO. The Bertz CT molecular complexity index is 208. The Morgan fingerprint density at radius 3 is 1.83 bits per heavy atom. The van der Waals surface area contributed by atoms with Crippen LogP contribution in [0.1, 0.15) is 0 Å². The molecule has 0 atom stereocenters. The van der Waals surface area contributed by atoms with E-state index in [0.717, 1.165) is 5.69 Å². The summed E-state index contributed by atoms with van der Waals surface area (Å²) in [6.45, 7) is 0. The molecule has 68 valence electrons. The number of benzene rings is 1. The molecule has 0 unspecified atom stereocenters. The number of phenols is 1. The van der Waals surface area contributed by atoms with E-state index >= 15 is 0 Å². The number of anilines is 1. The van der Waals surface area contributed by atoms with Crippen molar-refractivity contribution in [1.82, 2.24) is 0 Å². The number of halogens is 1. The first-order valence-electron chi connectivity index (χ1n) is 3.54. The Kier molecular flexibility index (Phi) is 5.88. The normalized spacial score (nSPS) is 8.33. The average molecular weight is 279 g/mol. The fourth-order valence-electron chi connectivity index (χ4n) is 0.751. The maximum absolute atomic E-state index is 8.92. The fraction of sp³-hybridized carbons (Fsp3) is 0.333. The van der Waals surface area contributed by atoms with Gasteiger partial charge in [0.15, 0.2) is 0 Å². The first-order valence-corrected chi connectivity index (χ1v) is 5.70. The SMILES string of the molecule is CI.CN(C)c1ccc(O)cc1. The predicted octanol–water partition coefficient (Wildman–Crippen LogP) is 2.51. The van der Waals surface area contributed by atoms with Crippen LogP contribution in [-0.2, 0) is 0 Å². The first-order chi connectivity index (χ1) is 5.70. The van der Waals surface area contributed by atoms with Crippen LogP contribution in [-0.4, -0.2) is 24.1 Å². The Hall–Kier alpha value is -0.450. The number of alkyl halides is 1. The highest BCUT2D eigenvalue weighted by Crippen LogP contribution is 2.15. The fourth-order valence-corrected chi connectivity index (χ4v) is 0.751. The third-order valence-corrected chi connectivity index (χ3v) is 1.37. The van der Waals surface area contributed by atoms with Crippen molar-refractivity contribution in [3.8, 4) is 5.75 Å². The predicted molar refractivity (Wildman–Crippen MR) is 62.4 cm³/mol. The number of hydrogen-bond donors (Lipinski definition) is 1. The third kappa shape index (κ3) is 3.80. The molecule has 0 aliphatic heterocycles. The van der Waals surface area contributed by atoms with E-state index in [1.54, 1.807) is 12.1 Å². The van der Waals surface area contributed by atoms with Gasteiger partial charge in [-0.2, -0.15) is 0 Å². The van der Waals surface area contributed by atoms with Crippen LogP contribution in [0.15, 0.2) is 24.3 Å². The van der Waals surface area contributed by atoms with Gasteiger partial charge in [0.1, 0.15) is 5.75 Å². The summed E-state index contributed by atoms with van der Waals surface area (Å²) >= 11 is 2.15. The summed E-state index contributed by atoms with van der Waals surface area (Å²) in [5.74, 6) is 0.311. The number of aromatic hydroxyl groups is 1.